The van der Waals surface area contributed by atoms with Gasteiger partial charge in [0.05, 0.1) is 17.5 Å². The number of phenolic OH excluding ortho intramolecular Hbond substituents is 1. The van der Waals surface area contributed by atoms with E-state index in [1.54, 1.807) is 11.5 Å². The molecule has 0 aliphatic carbocycles. The average molecular weight is 381 g/mol. The zero-order valence-corrected chi connectivity index (χ0v) is 14.1. The standard InChI is InChI=1S/C19H15F4NO3/c1-10-13(7-18(26)27)14-6-17(25)15(20)8-16(14)24(10)9-11-2-4-12(5-3-11)19(21,22)23/h2-6,8,25H,7,9H2,1H3,(H,26,27). The highest BCUT2D eigenvalue weighted by Crippen LogP contribution is 2.33. The zero-order chi connectivity index (χ0) is 19.9. The van der Waals surface area contributed by atoms with E-state index in [2.05, 4.69) is 0 Å². The molecule has 0 aliphatic rings. The molecule has 0 atom stereocenters. The molecule has 1 heterocycles. The van der Waals surface area contributed by atoms with Gasteiger partial charge in [-0.2, -0.15) is 13.2 Å². The summed E-state index contributed by atoms with van der Waals surface area (Å²) in [7, 11) is 0. The molecule has 0 saturated carbocycles. The second-order valence-electron chi connectivity index (χ2n) is 6.24. The van der Waals surface area contributed by atoms with Gasteiger partial charge in [0.2, 0.25) is 0 Å². The number of fused-ring (bicyclic) bond motifs is 1. The molecule has 2 aromatic carbocycles. The van der Waals surface area contributed by atoms with Crippen molar-refractivity contribution in [3.63, 3.8) is 0 Å². The van der Waals surface area contributed by atoms with Crippen LogP contribution in [0.3, 0.4) is 0 Å². The van der Waals surface area contributed by atoms with Gasteiger partial charge in [-0.3, -0.25) is 4.79 Å². The number of hydrogen-bond acceptors (Lipinski definition) is 2. The van der Waals surface area contributed by atoms with Crippen molar-refractivity contribution in [2.75, 3.05) is 0 Å². The summed E-state index contributed by atoms with van der Waals surface area (Å²) in [5, 5.41) is 19.2. The van der Waals surface area contributed by atoms with Crippen LogP contribution in [0.1, 0.15) is 22.4 Å². The molecule has 0 aliphatic heterocycles. The molecule has 2 N–H and O–H groups in total. The summed E-state index contributed by atoms with van der Waals surface area (Å²) in [5.74, 6) is -2.55. The number of carboxylic acid groups (broad SMARTS) is 1. The normalized spacial score (nSPS) is 11.9. The van der Waals surface area contributed by atoms with Crippen LogP contribution in [0.5, 0.6) is 5.75 Å². The Labute approximate surface area is 151 Å². The third kappa shape index (κ3) is 3.60. The maximum Gasteiger partial charge on any atom is 0.416 e. The Bertz CT molecular complexity index is 1020. The van der Waals surface area contributed by atoms with Crippen molar-refractivity contribution in [3.8, 4) is 5.75 Å². The van der Waals surface area contributed by atoms with E-state index in [1.807, 2.05) is 0 Å². The summed E-state index contributed by atoms with van der Waals surface area (Å²) in [5.41, 5.74) is 1.08. The van der Waals surface area contributed by atoms with Crippen molar-refractivity contribution >= 4 is 16.9 Å². The molecule has 8 heteroatoms. The van der Waals surface area contributed by atoms with Gasteiger partial charge < -0.3 is 14.8 Å². The van der Waals surface area contributed by atoms with E-state index >= 15 is 0 Å². The summed E-state index contributed by atoms with van der Waals surface area (Å²) >= 11 is 0. The zero-order valence-electron chi connectivity index (χ0n) is 14.1. The summed E-state index contributed by atoms with van der Waals surface area (Å²) < 4.78 is 53.6. The molecule has 0 bridgehead atoms. The number of aromatic hydroxyl groups is 1. The Morgan fingerprint density at radius 2 is 1.78 bits per heavy atom. The Kier molecular flexibility index (Phi) is 4.59. The van der Waals surface area contributed by atoms with Crippen LogP contribution in [-0.2, 0) is 23.9 Å². The topological polar surface area (TPSA) is 62.5 Å². The summed E-state index contributed by atoms with van der Waals surface area (Å²) in [4.78, 5) is 11.2. The van der Waals surface area contributed by atoms with Crippen LogP contribution in [0.4, 0.5) is 17.6 Å². The van der Waals surface area contributed by atoms with Crippen molar-refractivity contribution in [1.29, 1.82) is 0 Å². The molecule has 3 rings (SSSR count). The van der Waals surface area contributed by atoms with Gasteiger partial charge in [-0.05, 0) is 36.2 Å². The van der Waals surface area contributed by atoms with Crippen LogP contribution in [0.2, 0.25) is 0 Å². The minimum Gasteiger partial charge on any atom is -0.505 e. The molecule has 4 nitrogen and oxygen atoms in total. The van der Waals surface area contributed by atoms with E-state index < -0.39 is 29.3 Å². The highest BCUT2D eigenvalue weighted by atomic mass is 19.4. The van der Waals surface area contributed by atoms with Gasteiger partial charge in [-0.15, -0.1) is 0 Å². The van der Waals surface area contributed by atoms with Gasteiger partial charge >= 0.3 is 12.1 Å². The summed E-state index contributed by atoms with van der Waals surface area (Å²) in [6.07, 6.45) is -4.77. The smallest absolute Gasteiger partial charge is 0.416 e. The minimum absolute atomic E-state index is 0.129. The number of aromatic nitrogens is 1. The Morgan fingerprint density at radius 1 is 1.15 bits per heavy atom. The minimum atomic E-state index is -4.44. The van der Waals surface area contributed by atoms with Gasteiger partial charge in [0.25, 0.3) is 0 Å². The fraction of sp³-hybridized carbons (Fsp3) is 0.211. The number of phenols is 1. The Hall–Kier alpha value is -3.03. The molecule has 0 spiro atoms. The van der Waals surface area contributed by atoms with Crippen molar-refractivity contribution < 1.29 is 32.6 Å². The molecule has 27 heavy (non-hydrogen) atoms. The Morgan fingerprint density at radius 3 is 2.33 bits per heavy atom. The number of halogens is 4. The molecule has 0 saturated heterocycles. The lowest BCUT2D eigenvalue weighted by Crippen LogP contribution is -2.07. The van der Waals surface area contributed by atoms with Crippen LogP contribution in [0, 0.1) is 12.7 Å². The average Bonchev–Trinajstić information content (AvgIpc) is 2.80. The van der Waals surface area contributed by atoms with Crippen LogP contribution >= 0.6 is 0 Å². The van der Waals surface area contributed by atoms with E-state index in [9.17, 15) is 27.5 Å². The number of hydrogen-bond donors (Lipinski definition) is 2. The number of nitrogens with zero attached hydrogens (tertiary/aromatic N) is 1. The number of benzene rings is 2. The quantitative estimate of drug-likeness (QED) is 0.655. The van der Waals surface area contributed by atoms with Crippen molar-refractivity contribution in [2.45, 2.75) is 26.1 Å². The molecule has 0 unspecified atom stereocenters. The van der Waals surface area contributed by atoms with E-state index in [0.29, 0.717) is 27.7 Å². The van der Waals surface area contributed by atoms with Gasteiger partial charge in [-0.25, -0.2) is 4.39 Å². The number of rotatable bonds is 4. The van der Waals surface area contributed by atoms with Gasteiger partial charge in [0.1, 0.15) is 0 Å². The molecule has 3 aromatic rings. The van der Waals surface area contributed by atoms with Crippen molar-refractivity contribution in [1.82, 2.24) is 4.57 Å². The number of alkyl halides is 3. The van der Waals surface area contributed by atoms with Crippen LogP contribution < -0.4 is 0 Å². The second-order valence-corrected chi connectivity index (χ2v) is 6.24. The predicted octanol–water partition coefficient (Wildman–Crippen LogP) is 4.49. The van der Waals surface area contributed by atoms with E-state index in [1.165, 1.54) is 18.2 Å². The van der Waals surface area contributed by atoms with Crippen molar-refractivity contribution in [2.24, 2.45) is 0 Å². The monoisotopic (exact) mass is 381 g/mol. The lowest BCUT2D eigenvalue weighted by atomic mass is 10.1. The van der Waals surface area contributed by atoms with E-state index in [0.717, 1.165) is 18.2 Å². The Balaban J connectivity index is 2.09. The molecule has 1 aromatic heterocycles. The molecule has 0 amide bonds. The van der Waals surface area contributed by atoms with Gasteiger partial charge in [0, 0.05) is 23.7 Å². The first-order valence-electron chi connectivity index (χ1n) is 7.96. The first-order chi connectivity index (χ1) is 12.6. The molecule has 142 valence electrons. The predicted molar refractivity (Wildman–Crippen MR) is 90.2 cm³/mol. The lowest BCUT2D eigenvalue weighted by Gasteiger charge is -2.11. The second kappa shape index (κ2) is 6.61. The first kappa shape index (κ1) is 18.8. The summed E-state index contributed by atoms with van der Waals surface area (Å²) in [6.45, 7) is 1.78. The lowest BCUT2D eigenvalue weighted by molar-refractivity contribution is -0.138. The van der Waals surface area contributed by atoms with Gasteiger partial charge in [0.15, 0.2) is 11.6 Å². The van der Waals surface area contributed by atoms with Crippen LogP contribution in [0.25, 0.3) is 10.9 Å². The molecular weight excluding hydrogens is 366 g/mol. The van der Waals surface area contributed by atoms with Crippen LogP contribution in [-0.4, -0.2) is 20.7 Å². The first-order valence-corrected chi connectivity index (χ1v) is 7.96. The molecule has 0 fully saturated rings. The maximum atomic E-state index is 13.9. The number of aliphatic carboxylic acids is 1. The largest absolute Gasteiger partial charge is 0.505 e. The third-order valence-electron chi connectivity index (χ3n) is 4.47. The fourth-order valence-corrected chi connectivity index (χ4v) is 3.11. The maximum absolute atomic E-state index is 13.9. The summed E-state index contributed by atoms with van der Waals surface area (Å²) in [6, 6.07) is 6.82. The number of carbonyl (C=O) groups is 1. The SMILES string of the molecule is Cc1c(CC(=O)O)c2cc(O)c(F)cc2n1Cc1ccc(C(F)(F)F)cc1. The highest BCUT2D eigenvalue weighted by molar-refractivity contribution is 5.90. The van der Waals surface area contributed by atoms with Crippen molar-refractivity contribution in [3.05, 3.63) is 64.6 Å². The third-order valence-corrected chi connectivity index (χ3v) is 4.47. The fourth-order valence-electron chi connectivity index (χ4n) is 3.11. The molecule has 0 radical (unpaired) electrons. The highest BCUT2D eigenvalue weighted by Gasteiger charge is 2.30. The number of carboxylic acids is 1. The van der Waals surface area contributed by atoms with E-state index in [4.69, 9.17) is 5.11 Å². The van der Waals surface area contributed by atoms with E-state index in [-0.39, 0.29) is 13.0 Å². The van der Waals surface area contributed by atoms with Gasteiger partial charge in [-0.1, -0.05) is 12.1 Å². The van der Waals surface area contributed by atoms with Crippen LogP contribution in [0.15, 0.2) is 36.4 Å². The molecular formula is C19H15F4NO3.